The van der Waals surface area contributed by atoms with Crippen LogP contribution >= 0.6 is 34.8 Å². The summed E-state index contributed by atoms with van der Waals surface area (Å²) in [5, 5.41) is 3.78. The molecule has 11 heteroatoms. The van der Waals surface area contributed by atoms with Crippen molar-refractivity contribution in [2.45, 2.75) is 33.4 Å². The number of hydrogen-bond acceptors (Lipinski definition) is 4. The van der Waals surface area contributed by atoms with Crippen molar-refractivity contribution in [1.82, 2.24) is 10.2 Å². The van der Waals surface area contributed by atoms with Gasteiger partial charge in [-0.15, -0.1) is 0 Å². The van der Waals surface area contributed by atoms with E-state index in [1.165, 1.54) is 17.0 Å². The van der Waals surface area contributed by atoms with E-state index < -0.39 is 28.5 Å². The molecular weight excluding hydrogens is 521 g/mol. The summed E-state index contributed by atoms with van der Waals surface area (Å²) in [4.78, 5) is 27.6. The van der Waals surface area contributed by atoms with Crippen LogP contribution in [0.2, 0.25) is 15.1 Å². The number of nitrogens with one attached hydrogen (secondary N) is 1. The molecule has 2 aromatic rings. The van der Waals surface area contributed by atoms with Gasteiger partial charge in [0.15, 0.2) is 0 Å². The number of nitrogens with zero attached hydrogens (tertiary/aromatic N) is 2. The molecule has 2 amide bonds. The van der Waals surface area contributed by atoms with Crippen LogP contribution in [0.25, 0.3) is 0 Å². The average molecular weight is 549 g/mol. The van der Waals surface area contributed by atoms with Gasteiger partial charge < -0.3 is 10.2 Å². The third kappa shape index (κ3) is 7.77. The van der Waals surface area contributed by atoms with Gasteiger partial charge in [-0.3, -0.25) is 13.9 Å². The fourth-order valence-corrected chi connectivity index (χ4v) is 4.68. The number of halogens is 3. The highest BCUT2D eigenvalue weighted by molar-refractivity contribution is 7.92. The van der Waals surface area contributed by atoms with Gasteiger partial charge in [0.25, 0.3) is 0 Å². The number of carbonyl (C=O) groups is 2. The van der Waals surface area contributed by atoms with Crippen molar-refractivity contribution in [2.24, 2.45) is 5.92 Å². The number of benzene rings is 2. The summed E-state index contributed by atoms with van der Waals surface area (Å²) in [6.45, 7) is 5.28. The lowest BCUT2D eigenvalue weighted by molar-refractivity contribution is -0.139. The molecule has 0 fully saturated rings. The summed E-state index contributed by atoms with van der Waals surface area (Å²) in [5.41, 5.74) is 0.687. The smallest absolute Gasteiger partial charge is 0.244 e. The first-order chi connectivity index (χ1) is 15.8. The standard InChI is InChI=1S/C23H28Cl3N3O4S/c1-15(2)12-27-23(31)16(3)28(13-19-20(25)9-6-10-21(19)26)22(30)14-29(34(4,32)33)18-8-5-7-17(24)11-18/h5-11,15-16H,12-14H2,1-4H3,(H,27,31). The van der Waals surface area contributed by atoms with Crippen LogP contribution in [0.15, 0.2) is 42.5 Å². The summed E-state index contributed by atoms with van der Waals surface area (Å²) >= 11 is 18.7. The molecule has 0 aliphatic carbocycles. The van der Waals surface area contributed by atoms with E-state index >= 15 is 0 Å². The molecule has 2 aromatic carbocycles. The molecular formula is C23H28Cl3N3O4S. The lowest BCUT2D eigenvalue weighted by Gasteiger charge is -2.32. The second-order valence-electron chi connectivity index (χ2n) is 8.29. The van der Waals surface area contributed by atoms with Crippen molar-refractivity contribution < 1.29 is 18.0 Å². The minimum Gasteiger partial charge on any atom is -0.354 e. The van der Waals surface area contributed by atoms with Gasteiger partial charge in [-0.2, -0.15) is 0 Å². The molecule has 0 spiro atoms. The Bertz CT molecular complexity index is 1120. The monoisotopic (exact) mass is 547 g/mol. The van der Waals surface area contributed by atoms with Crippen molar-refractivity contribution >= 4 is 62.3 Å². The van der Waals surface area contributed by atoms with Crippen molar-refractivity contribution in [3.8, 4) is 0 Å². The fourth-order valence-electron chi connectivity index (χ4n) is 3.13. The molecule has 0 aromatic heterocycles. The number of rotatable bonds is 10. The Hall–Kier alpha value is -2.00. The van der Waals surface area contributed by atoms with Crippen molar-refractivity contribution in [3.05, 3.63) is 63.1 Å². The van der Waals surface area contributed by atoms with Crippen molar-refractivity contribution in [3.63, 3.8) is 0 Å². The number of anilines is 1. The average Bonchev–Trinajstić information content (AvgIpc) is 2.74. The molecule has 186 valence electrons. The number of carbonyl (C=O) groups excluding carboxylic acids is 2. The van der Waals surface area contributed by atoms with E-state index in [4.69, 9.17) is 34.8 Å². The topological polar surface area (TPSA) is 86.8 Å². The van der Waals surface area contributed by atoms with Gasteiger partial charge in [0, 0.05) is 33.7 Å². The molecule has 0 bridgehead atoms. The van der Waals surface area contributed by atoms with E-state index in [-0.39, 0.29) is 24.1 Å². The predicted molar refractivity (Wildman–Crippen MR) is 138 cm³/mol. The molecule has 0 saturated heterocycles. The van der Waals surface area contributed by atoms with E-state index in [2.05, 4.69) is 5.32 Å². The van der Waals surface area contributed by atoms with Gasteiger partial charge in [-0.25, -0.2) is 8.42 Å². The Morgan fingerprint density at radius 3 is 2.12 bits per heavy atom. The molecule has 34 heavy (non-hydrogen) atoms. The maximum atomic E-state index is 13.5. The van der Waals surface area contributed by atoms with Gasteiger partial charge in [0.1, 0.15) is 12.6 Å². The highest BCUT2D eigenvalue weighted by Crippen LogP contribution is 2.27. The van der Waals surface area contributed by atoms with Crippen LogP contribution in [0.3, 0.4) is 0 Å². The molecule has 0 heterocycles. The lowest BCUT2D eigenvalue weighted by atomic mass is 10.1. The summed E-state index contributed by atoms with van der Waals surface area (Å²) < 4.78 is 26.0. The Labute approximate surface area is 216 Å². The highest BCUT2D eigenvalue weighted by atomic mass is 35.5. The van der Waals surface area contributed by atoms with E-state index in [0.717, 1.165) is 10.6 Å². The largest absolute Gasteiger partial charge is 0.354 e. The number of sulfonamides is 1. The molecule has 2 rings (SSSR count). The first kappa shape index (κ1) is 28.2. The first-order valence-corrected chi connectivity index (χ1v) is 13.5. The lowest BCUT2D eigenvalue weighted by Crippen LogP contribution is -2.51. The number of hydrogen-bond donors (Lipinski definition) is 1. The molecule has 1 atom stereocenters. The molecule has 1 unspecified atom stereocenters. The maximum Gasteiger partial charge on any atom is 0.244 e. The Kier molecular flexibility index (Phi) is 10.1. The number of amides is 2. The second-order valence-corrected chi connectivity index (χ2v) is 11.4. The van der Waals surface area contributed by atoms with Crippen LogP contribution in [-0.4, -0.2) is 50.5 Å². The third-order valence-corrected chi connectivity index (χ3v) is 7.10. The molecule has 0 aliphatic heterocycles. The predicted octanol–water partition coefficient (Wildman–Crippen LogP) is 4.60. The molecule has 0 aliphatic rings. The van der Waals surface area contributed by atoms with E-state index in [9.17, 15) is 18.0 Å². The molecule has 0 radical (unpaired) electrons. The summed E-state index contributed by atoms with van der Waals surface area (Å²) in [5.74, 6) is -0.769. The zero-order valence-electron chi connectivity index (χ0n) is 19.4. The van der Waals surface area contributed by atoms with Gasteiger partial charge in [0.2, 0.25) is 21.8 Å². The van der Waals surface area contributed by atoms with Crippen molar-refractivity contribution in [1.29, 1.82) is 0 Å². The van der Waals surface area contributed by atoms with Crippen LogP contribution in [-0.2, 0) is 26.2 Å². The van der Waals surface area contributed by atoms with Crippen LogP contribution < -0.4 is 9.62 Å². The zero-order valence-corrected chi connectivity index (χ0v) is 22.5. The van der Waals surface area contributed by atoms with Crippen LogP contribution in [0.5, 0.6) is 0 Å². The van der Waals surface area contributed by atoms with Gasteiger partial charge in [-0.05, 0) is 43.2 Å². The van der Waals surface area contributed by atoms with Crippen LogP contribution in [0.1, 0.15) is 26.3 Å². The Morgan fingerprint density at radius 2 is 1.59 bits per heavy atom. The van der Waals surface area contributed by atoms with Crippen molar-refractivity contribution in [2.75, 3.05) is 23.7 Å². The summed E-state index contributed by atoms with van der Waals surface area (Å²) in [6, 6.07) is 10.2. The maximum absolute atomic E-state index is 13.5. The third-order valence-electron chi connectivity index (χ3n) is 5.02. The second kappa shape index (κ2) is 12.1. The Morgan fingerprint density at radius 1 is 1.00 bits per heavy atom. The van der Waals surface area contributed by atoms with Crippen LogP contribution in [0, 0.1) is 5.92 Å². The van der Waals surface area contributed by atoms with Gasteiger partial charge in [-0.1, -0.05) is 60.8 Å². The van der Waals surface area contributed by atoms with E-state index in [1.807, 2.05) is 13.8 Å². The summed E-state index contributed by atoms with van der Waals surface area (Å²) in [6.07, 6.45) is 0.995. The van der Waals surface area contributed by atoms with Gasteiger partial charge >= 0.3 is 0 Å². The SMILES string of the molecule is CC(C)CNC(=O)C(C)N(Cc1c(Cl)cccc1Cl)C(=O)CN(c1cccc(Cl)c1)S(C)(=O)=O. The normalized spacial score (nSPS) is 12.4. The van der Waals surface area contributed by atoms with E-state index in [0.29, 0.717) is 27.2 Å². The highest BCUT2D eigenvalue weighted by Gasteiger charge is 2.31. The molecule has 0 saturated carbocycles. The Balaban J connectivity index is 2.43. The molecule has 1 N–H and O–H groups in total. The van der Waals surface area contributed by atoms with Crippen LogP contribution in [0.4, 0.5) is 5.69 Å². The quantitative estimate of drug-likeness (QED) is 0.470. The van der Waals surface area contributed by atoms with Gasteiger partial charge in [0.05, 0.1) is 11.9 Å². The first-order valence-electron chi connectivity index (χ1n) is 10.5. The zero-order chi connectivity index (χ0) is 25.6. The summed E-state index contributed by atoms with van der Waals surface area (Å²) in [7, 11) is -3.85. The fraction of sp³-hybridized carbons (Fsp3) is 0.391. The minimum atomic E-state index is -3.85. The van der Waals surface area contributed by atoms with E-state index in [1.54, 1.807) is 37.3 Å². The molecule has 7 nitrogen and oxygen atoms in total. The minimum absolute atomic E-state index is 0.0826.